The predicted octanol–water partition coefficient (Wildman–Crippen LogP) is 0.884. The van der Waals surface area contributed by atoms with Gasteiger partial charge >= 0.3 is 0 Å². The van der Waals surface area contributed by atoms with Gasteiger partial charge in [-0.2, -0.15) is 0 Å². The van der Waals surface area contributed by atoms with E-state index in [2.05, 4.69) is 0 Å². The second-order valence-corrected chi connectivity index (χ2v) is 4.10. The van der Waals surface area contributed by atoms with Gasteiger partial charge < -0.3 is 20.4 Å². The Labute approximate surface area is 103 Å². The molecule has 1 aliphatic rings. The molecule has 0 spiro atoms. The fraction of sp³-hybridized carbons (Fsp3) is 0.154. The monoisotopic (exact) mass is 248 g/mol. The summed E-state index contributed by atoms with van der Waals surface area (Å²) in [6, 6.07) is 5.54. The van der Waals surface area contributed by atoms with E-state index in [9.17, 15) is 25.2 Å². The number of hydrogen-bond donors (Lipinski definition) is 4. The second kappa shape index (κ2) is 4.29. The Hall–Kier alpha value is -2.11. The van der Waals surface area contributed by atoms with Gasteiger partial charge in [0, 0.05) is 5.56 Å². The highest BCUT2D eigenvalue weighted by Gasteiger charge is 2.38. The smallest absolute Gasteiger partial charge is 0.197 e. The minimum atomic E-state index is -2.35. The van der Waals surface area contributed by atoms with E-state index in [-0.39, 0.29) is 17.1 Å². The van der Waals surface area contributed by atoms with Crippen LogP contribution in [0, 0.1) is 5.92 Å². The summed E-state index contributed by atoms with van der Waals surface area (Å²) >= 11 is 0. The topological polar surface area (TPSA) is 98.0 Å². The van der Waals surface area contributed by atoms with Crippen molar-refractivity contribution in [3.05, 3.63) is 53.8 Å². The zero-order valence-electron chi connectivity index (χ0n) is 9.32. The number of aromatic hydroxyl groups is 1. The Balaban J connectivity index is 2.37. The number of carbonyl (C=O) groups is 1. The van der Waals surface area contributed by atoms with Gasteiger partial charge in [0.05, 0.1) is 0 Å². The molecule has 0 radical (unpaired) electrons. The zero-order valence-corrected chi connectivity index (χ0v) is 9.32. The molecule has 1 aliphatic carbocycles. The molecule has 1 aromatic rings. The standard InChI is InChI=1S/C13H12O5/c14-9-3-1-2-8(6-9)12(16)11-7-10(15)4-5-13(11,17)18/h1-7,11,14-15,17-18H. The SMILES string of the molecule is O=C(c1cccc(O)c1)C1C=C(O)C=CC1(O)O. The summed E-state index contributed by atoms with van der Waals surface area (Å²) in [4.78, 5) is 12.1. The van der Waals surface area contributed by atoms with Gasteiger partial charge in [-0.25, -0.2) is 0 Å². The third kappa shape index (κ3) is 2.27. The number of phenolic OH excluding ortho intramolecular Hbond substituents is 1. The molecule has 18 heavy (non-hydrogen) atoms. The van der Waals surface area contributed by atoms with Crippen LogP contribution in [0.5, 0.6) is 5.75 Å². The van der Waals surface area contributed by atoms with Crippen LogP contribution in [0.4, 0.5) is 0 Å². The van der Waals surface area contributed by atoms with Crippen molar-refractivity contribution in [3.8, 4) is 5.75 Å². The van der Waals surface area contributed by atoms with E-state index in [4.69, 9.17) is 0 Å². The Morgan fingerprint density at radius 3 is 2.61 bits per heavy atom. The number of hydrogen-bond acceptors (Lipinski definition) is 5. The van der Waals surface area contributed by atoms with Gasteiger partial charge in [-0.15, -0.1) is 0 Å². The molecule has 1 atom stereocenters. The quantitative estimate of drug-likeness (QED) is 0.460. The molecule has 0 aliphatic heterocycles. The van der Waals surface area contributed by atoms with Gasteiger partial charge in [-0.05, 0) is 30.4 Å². The van der Waals surface area contributed by atoms with E-state index in [1.165, 1.54) is 24.3 Å². The van der Waals surface area contributed by atoms with Crippen LogP contribution in [-0.4, -0.2) is 32.0 Å². The molecule has 0 aromatic heterocycles. The van der Waals surface area contributed by atoms with Crippen molar-refractivity contribution in [2.24, 2.45) is 5.92 Å². The first-order chi connectivity index (χ1) is 8.40. The minimum Gasteiger partial charge on any atom is -0.508 e. The third-order valence-electron chi connectivity index (χ3n) is 2.71. The van der Waals surface area contributed by atoms with Crippen LogP contribution in [0.1, 0.15) is 10.4 Å². The number of aliphatic hydroxyl groups excluding tert-OH is 1. The summed E-state index contributed by atoms with van der Waals surface area (Å²) in [6.07, 6.45) is 3.10. The number of ketones is 1. The van der Waals surface area contributed by atoms with E-state index >= 15 is 0 Å². The maximum atomic E-state index is 12.1. The van der Waals surface area contributed by atoms with E-state index in [1.54, 1.807) is 0 Å². The summed E-state index contributed by atoms with van der Waals surface area (Å²) in [6.45, 7) is 0. The molecule has 1 aromatic carbocycles. The van der Waals surface area contributed by atoms with Gasteiger partial charge in [0.15, 0.2) is 11.6 Å². The van der Waals surface area contributed by atoms with Crippen molar-refractivity contribution < 1.29 is 25.2 Å². The molecule has 4 N–H and O–H groups in total. The van der Waals surface area contributed by atoms with Crippen LogP contribution in [-0.2, 0) is 0 Å². The zero-order chi connectivity index (χ0) is 13.3. The van der Waals surface area contributed by atoms with Crippen LogP contribution in [0.2, 0.25) is 0 Å². The fourth-order valence-corrected chi connectivity index (χ4v) is 1.77. The Morgan fingerprint density at radius 1 is 1.22 bits per heavy atom. The van der Waals surface area contributed by atoms with Crippen LogP contribution in [0.25, 0.3) is 0 Å². The number of Topliss-reactive ketones (excluding diaryl/α,β-unsaturated/α-hetero) is 1. The summed E-state index contributed by atoms with van der Waals surface area (Å²) in [7, 11) is 0. The molecule has 0 bridgehead atoms. The first kappa shape index (κ1) is 12.3. The third-order valence-corrected chi connectivity index (χ3v) is 2.71. The number of carbonyl (C=O) groups excluding carboxylic acids is 1. The highest BCUT2D eigenvalue weighted by Crippen LogP contribution is 2.28. The Bertz CT molecular complexity index is 542. The molecular weight excluding hydrogens is 236 g/mol. The van der Waals surface area contributed by atoms with E-state index in [0.717, 1.165) is 18.2 Å². The maximum Gasteiger partial charge on any atom is 0.197 e. The normalized spacial score (nSPS) is 21.4. The molecule has 0 heterocycles. The Kier molecular flexibility index (Phi) is 2.94. The molecule has 0 saturated carbocycles. The van der Waals surface area contributed by atoms with Crippen molar-refractivity contribution in [2.45, 2.75) is 5.79 Å². The van der Waals surface area contributed by atoms with Crippen molar-refractivity contribution >= 4 is 5.78 Å². The highest BCUT2D eigenvalue weighted by atomic mass is 16.5. The van der Waals surface area contributed by atoms with Gasteiger partial charge in [0.1, 0.15) is 17.4 Å². The van der Waals surface area contributed by atoms with Crippen LogP contribution >= 0.6 is 0 Å². The van der Waals surface area contributed by atoms with Gasteiger partial charge in [0.25, 0.3) is 0 Å². The number of allylic oxidation sites excluding steroid dienone is 1. The second-order valence-electron chi connectivity index (χ2n) is 4.10. The average molecular weight is 248 g/mol. The number of phenols is 1. The van der Waals surface area contributed by atoms with Crippen molar-refractivity contribution in [1.82, 2.24) is 0 Å². The van der Waals surface area contributed by atoms with Crippen LogP contribution < -0.4 is 0 Å². The van der Waals surface area contributed by atoms with Gasteiger partial charge in [-0.3, -0.25) is 4.79 Å². The summed E-state index contributed by atoms with van der Waals surface area (Å²) in [5.41, 5.74) is 0.131. The maximum absolute atomic E-state index is 12.1. The van der Waals surface area contributed by atoms with E-state index < -0.39 is 17.5 Å². The van der Waals surface area contributed by atoms with Crippen molar-refractivity contribution in [3.63, 3.8) is 0 Å². The molecule has 5 heteroatoms. The number of benzene rings is 1. The lowest BCUT2D eigenvalue weighted by atomic mass is 9.86. The van der Waals surface area contributed by atoms with Crippen LogP contribution in [0.3, 0.4) is 0 Å². The van der Waals surface area contributed by atoms with E-state index in [0.29, 0.717) is 0 Å². The van der Waals surface area contributed by atoms with E-state index in [1.807, 2.05) is 0 Å². The van der Waals surface area contributed by atoms with Gasteiger partial charge in [-0.1, -0.05) is 12.1 Å². The lowest BCUT2D eigenvalue weighted by Crippen LogP contribution is -2.41. The van der Waals surface area contributed by atoms with Gasteiger partial charge in [0.2, 0.25) is 0 Å². The lowest BCUT2D eigenvalue weighted by molar-refractivity contribution is -0.137. The minimum absolute atomic E-state index is 0.0955. The predicted molar refractivity (Wildman–Crippen MR) is 62.9 cm³/mol. The molecule has 0 fully saturated rings. The van der Waals surface area contributed by atoms with Crippen molar-refractivity contribution in [2.75, 3.05) is 0 Å². The fourth-order valence-electron chi connectivity index (χ4n) is 1.77. The molecule has 0 saturated heterocycles. The largest absolute Gasteiger partial charge is 0.508 e. The lowest BCUT2D eigenvalue weighted by Gasteiger charge is -2.27. The average Bonchev–Trinajstić information content (AvgIpc) is 2.31. The molecule has 5 nitrogen and oxygen atoms in total. The number of rotatable bonds is 2. The molecule has 94 valence electrons. The summed E-state index contributed by atoms with van der Waals surface area (Å²) < 4.78 is 0. The van der Waals surface area contributed by atoms with Crippen LogP contribution in [0.15, 0.2) is 48.3 Å². The molecule has 1 unspecified atom stereocenters. The summed E-state index contributed by atoms with van der Waals surface area (Å²) in [5.74, 6) is -4.58. The molecular formula is C13H12O5. The summed E-state index contributed by atoms with van der Waals surface area (Å²) in [5, 5.41) is 38.0. The molecule has 0 amide bonds. The molecule has 2 rings (SSSR count). The highest BCUT2D eigenvalue weighted by molar-refractivity contribution is 6.00. The number of aliphatic hydroxyl groups is 3. The first-order valence-electron chi connectivity index (χ1n) is 5.28. The Morgan fingerprint density at radius 2 is 1.94 bits per heavy atom. The first-order valence-corrected chi connectivity index (χ1v) is 5.28. The van der Waals surface area contributed by atoms with Crippen molar-refractivity contribution in [1.29, 1.82) is 0 Å².